The number of benzene rings is 2. The molecular formula is C23H33N3O. The Kier molecular flexibility index (Phi) is 9.60. The Morgan fingerprint density at radius 2 is 1.37 bits per heavy atom. The van der Waals surface area contributed by atoms with Gasteiger partial charge in [-0.25, -0.2) is 0 Å². The van der Waals surface area contributed by atoms with E-state index in [-0.39, 0.29) is 11.9 Å². The van der Waals surface area contributed by atoms with Gasteiger partial charge in [-0.1, -0.05) is 60.7 Å². The molecule has 2 aromatic rings. The lowest BCUT2D eigenvalue weighted by Crippen LogP contribution is -2.35. The molecule has 0 aliphatic heterocycles. The van der Waals surface area contributed by atoms with Crippen molar-refractivity contribution in [2.24, 2.45) is 17.4 Å². The molecule has 0 saturated carbocycles. The van der Waals surface area contributed by atoms with Crippen molar-refractivity contribution in [3.05, 3.63) is 71.8 Å². The number of rotatable bonds is 12. The standard InChI is InChI=1S/C23H33N3O/c24-16-15-22(25)17-23(27)26-18-21(13-11-19-7-3-1-4-8-19)14-12-20-9-5-2-6-10-20/h1-10,21-22H,11-18,24-25H2,(H,26,27). The first-order chi connectivity index (χ1) is 13.2. The van der Waals surface area contributed by atoms with Gasteiger partial charge in [0.1, 0.15) is 0 Å². The summed E-state index contributed by atoms with van der Waals surface area (Å²) in [6.07, 6.45) is 5.21. The number of amides is 1. The highest BCUT2D eigenvalue weighted by Gasteiger charge is 2.13. The summed E-state index contributed by atoms with van der Waals surface area (Å²) in [5.74, 6) is 0.473. The predicted molar refractivity (Wildman–Crippen MR) is 112 cm³/mol. The van der Waals surface area contributed by atoms with Crippen LogP contribution in [0.15, 0.2) is 60.7 Å². The molecule has 4 nitrogen and oxygen atoms in total. The maximum atomic E-state index is 12.1. The van der Waals surface area contributed by atoms with Crippen molar-refractivity contribution in [2.45, 2.75) is 44.6 Å². The molecule has 27 heavy (non-hydrogen) atoms. The SMILES string of the molecule is NCCC(N)CC(=O)NCC(CCc1ccccc1)CCc1ccccc1. The Morgan fingerprint density at radius 1 is 0.852 bits per heavy atom. The average molecular weight is 368 g/mol. The maximum absolute atomic E-state index is 12.1. The van der Waals surface area contributed by atoms with Crippen LogP contribution in [0.3, 0.4) is 0 Å². The van der Waals surface area contributed by atoms with Gasteiger partial charge in [0.25, 0.3) is 0 Å². The summed E-state index contributed by atoms with van der Waals surface area (Å²) in [5, 5.41) is 3.08. The molecule has 0 heterocycles. The monoisotopic (exact) mass is 367 g/mol. The third-order valence-corrected chi connectivity index (χ3v) is 4.94. The van der Waals surface area contributed by atoms with E-state index in [9.17, 15) is 4.79 Å². The second-order valence-corrected chi connectivity index (χ2v) is 7.26. The van der Waals surface area contributed by atoms with Crippen LogP contribution in [0.5, 0.6) is 0 Å². The highest BCUT2D eigenvalue weighted by Crippen LogP contribution is 2.16. The zero-order valence-corrected chi connectivity index (χ0v) is 16.1. The molecule has 0 fully saturated rings. The van der Waals surface area contributed by atoms with Gasteiger partial charge in [0.05, 0.1) is 0 Å². The molecule has 0 aliphatic carbocycles. The van der Waals surface area contributed by atoms with Crippen LogP contribution < -0.4 is 16.8 Å². The second-order valence-electron chi connectivity index (χ2n) is 7.26. The first-order valence-corrected chi connectivity index (χ1v) is 9.97. The fraction of sp³-hybridized carbons (Fsp3) is 0.435. The van der Waals surface area contributed by atoms with Crippen LogP contribution >= 0.6 is 0 Å². The first kappa shape index (κ1) is 21.1. The van der Waals surface area contributed by atoms with Crippen LogP contribution in [0.4, 0.5) is 0 Å². The van der Waals surface area contributed by atoms with Gasteiger partial charge in [0.2, 0.25) is 5.91 Å². The quantitative estimate of drug-likeness (QED) is 0.539. The molecule has 2 aromatic carbocycles. The summed E-state index contributed by atoms with van der Waals surface area (Å²) in [7, 11) is 0. The molecule has 4 heteroatoms. The fourth-order valence-electron chi connectivity index (χ4n) is 3.26. The molecule has 2 rings (SSSR count). The Hall–Kier alpha value is -2.17. The van der Waals surface area contributed by atoms with Crippen molar-refractivity contribution in [1.29, 1.82) is 0 Å². The number of hydrogen-bond donors (Lipinski definition) is 3. The minimum absolute atomic E-state index is 0.0281. The molecule has 5 N–H and O–H groups in total. The largest absolute Gasteiger partial charge is 0.356 e. The third kappa shape index (κ3) is 8.85. The normalized spacial score (nSPS) is 12.1. The Balaban J connectivity index is 1.84. The average Bonchev–Trinajstić information content (AvgIpc) is 2.69. The van der Waals surface area contributed by atoms with Gasteiger partial charge in [-0.15, -0.1) is 0 Å². The molecule has 0 bridgehead atoms. The molecule has 0 radical (unpaired) electrons. The van der Waals surface area contributed by atoms with Gasteiger partial charge in [-0.2, -0.15) is 0 Å². The van der Waals surface area contributed by atoms with Crippen molar-refractivity contribution in [3.8, 4) is 0 Å². The van der Waals surface area contributed by atoms with Crippen molar-refractivity contribution < 1.29 is 4.79 Å². The lowest BCUT2D eigenvalue weighted by molar-refractivity contribution is -0.121. The molecule has 0 aromatic heterocycles. The summed E-state index contributed by atoms with van der Waals surface area (Å²) in [6.45, 7) is 1.22. The van der Waals surface area contributed by atoms with E-state index >= 15 is 0 Å². The van der Waals surface area contributed by atoms with E-state index in [0.717, 1.165) is 25.7 Å². The second kappa shape index (κ2) is 12.3. The van der Waals surface area contributed by atoms with Crippen molar-refractivity contribution in [3.63, 3.8) is 0 Å². The van der Waals surface area contributed by atoms with E-state index in [1.165, 1.54) is 11.1 Å². The highest BCUT2D eigenvalue weighted by atomic mass is 16.1. The topological polar surface area (TPSA) is 81.1 Å². The number of nitrogens with one attached hydrogen (secondary N) is 1. The molecule has 1 unspecified atom stereocenters. The van der Waals surface area contributed by atoms with Crippen molar-refractivity contribution in [2.75, 3.05) is 13.1 Å². The summed E-state index contributed by atoms with van der Waals surface area (Å²) in [4.78, 5) is 12.1. The molecule has 1 amide bonds. The van der Waals surface area contributed by atoms with Gasteiger partial charge < -0.3 is 16.8 Å². The molecule has 0 saturated heterocycles. The van der Waals surface area contributed by atoms with Gasteiger partial charge in [0, 0.05) is 19.0 Å². The zero-order chi connectivity index (χ0) is 19.3. The smallest absolute Gasteiger partial charge is 0.221 e. The lowest BCUT2D eigenvalue weighted by Gasteiger charge is -2.19. The van der Waals surface area contributed by atoms with Crippen LogP contribution in [0.1, 0.15) is 36.8 Å². The first-order valence-electron chi connectivity index (χ1n) is 9.97. The lowest BCUT2D eigenvalue weighted by atomic mass is 9.93. The summed E-state index contributed by atoms with van der Waals surface area (Å²) in [5.41, 5.74) is 14.1. The van der Waals surface area contributed by atoms with Gasteiger partial charge in [0.15, 0.2) is 0 Å². The Labute approximate surface area is 163 Å². The minimum atomic E-state index is -0.151. The molecule has 0 spiro atoms. The fourth-order valence-corrected chi connectivity index (χ4v) is 3.26. The Bertz CT molecular complexity index is 602. The molecule has 0 aliphatic rings. The third-order valence-electron chi connectivity index (χ3n) is 4.94. The van der Waals surface area contributed by atoms with Gasteiger partial charge in [-0.05, 0) is 55.7 Å². The van der Waals surface area contributed by atoms with Crippen LogP contribution in [-0.2, 0) is 17.6 Å². The number of carbonyl (C=O) groups excluding carboxylic acids is 1. The maximum Gasteiger partial charge on any atom is 0.221 e. The predicted octanol–water partition coefficient (Wildman–Crippen LogP) is 3.05. The van der Waals surface area contributed by atoms with Crippen molar-refractivity contribution in [1.82, 2.24) is 5.32 Å². The minimum Gasteiger partial charge on any atom is -0.356 e. The molecular weight excluding hydrogens is 334 g/mol. The van der Waals surface area contributed by atoms with Crippen LogP contribution in [0.2, 0.25) is 0 Å². The van der Waals surface area contributed by atoms with E-state index in [1.54, 1.807) is 0 Å². The van der Waals surface area contributed by atoms with Crippen LogP contribution in [0.25, 0.3) is 0 Å². The summed E-state index contributed by atoms with van der Waals surface area (Å²) in [6, 6.07) is 20.9. The number of aryl methyl sites for hydroxylation is 2. The van der Waals surface area contributed by atoms with Gasteiger partial charge >= 0.3 is 0 Å². The van der Waals surface area contributed by atoms with Crippen LogP contribution in [0, 0.1) is 5.92 Å². The molecule has 146 valence electrons. The van der Waals surface area contributed by atoms with E-state index in [0.29, 0.717) is 31.8 Å². The molecule has 1 atom stereocenters. The van der Waals surface area contributed by atoms with E-state index in [2.05, 4.69) is 53.8 Å². The number of nitrogens with two attached hydrogens (primary N) is 2. The summed E-state index contributed by atoms with van der Waals surface area (Å²) < 4.78 is 0. The number of carbonyl (C=O) groups is 1. The van der Waals surface area contributed by atoms with Gasteiger partial charge in [-0.3, -0.25) is 4.79 Å². The van der Waals surface area contributed by atoms with E-state index < -0.39 is 0 Å². The van der Waals surface area contributed by atoms with Crippen molar-refractivity contribution >= 4 is 5.91 Å². The number of hydrogen-bond acceptors (Lipinski definition) is 3. The summed E-state index contributed by atoms with van der Waals surface area (Å²) >= 11 is 0. The highest BCUT2D eigenvalue weighted by molar-refractivity contribution is 5.76. The Morgan fingerprint density at radius 3 is 1.85 bits per heavy atom. The van der Waals surface area contributed by atoms with E-state index in [4.69, 9.17) is 11.5 Å². The zero-order valence-electron chi connectivity index (χ0n) is 16.1. The van der Waals surface area contributed by atoms with Crippen LogP contribution in [-0.4, -0.2) is 25.0 Å². The van der Waals surface area contributed by atoms with E-state index in [1.807, 2.05) is 12.1 Å².